The Morgan fingerprint density at radius 3 is 2.68 bits per heavy atom. The Balaban J connectivity index is 2.01. The van der Waals surface area contributed by atoms with Crippen LogP contribution in [0.1, 0.15) is 44.6 Å². The molecule has 1 aromatic rings. The number of halogens is 2. The highest BCUT2D eigenvalue weighted by atomic mass is 19.2. The normalized spacial score (nSPS) is 27.5. The first-order chi connectivity index (χ1) is 9.10. The number of aliphatic hydroxyl groups excluding tert-OH is 1. The molecule has 3 unspecified atom stereocenters. The van der Waals surface area contributed by atoms with Gasteiger partial charge in [0.25, 0.3) is 0 Å². The number of rotatable bonds is 4. The monoisotopic (exact) mass is 268 g/mol. The molecular weight excluding hydrogens is 246 g/mol. The predicted molar refractivity (Wildman–Crippen MR) is 71.8 cm³/mol. The van der Waals surface area contributed by atoms with E-state index in [2.05, 4.69) is 6.92 Å². The van der Waals surface area contributed by atoms with Crippen molar-refractivity contribution in [1.82, 2.24) is 0 Å². The lowest BCUT2D eigenvalue weighted by molar-refractivity contribution is 0.0462. The topological polar surface area (TPSA) is 20.2 Å². The zero-order chi connectivity index (χ0) is 13.8. The highest BCUT2D eigenvalue weighted by molar-refractivity contribution is 5.18. The van der Waals surface area contributed by atoms with Gasteiger partial charge in [0, 0.05) is 0 Å². The van der Waals surface area contributed by atoms with Crippen molar-refractivity contribution in [3.63, 3.8) is 0 Å². The fourth-order valence-electron chi connectivity index (χ4n) is 3.20. The van der Waals surface area contributed by atoms with Gasteiger partial charge in [-0.2, -0.15) is 0 Å². The lowest BCUT2D eigenvalue weighted by Crippen LogP contribution is -2.30. The minimum Gasteiger partial charge on any atom is -0.393 e. The largest absolute Gasteiger partial charge is 0.393 e. The van der Waals surface area contributed by atoms with Gasteiger partial charge in [-0.05, 0) is 55.2 Å². The van der Waals surface area contributed by atoms with Crippen LogP contribution >= 0.6 is 0 Å². The summed E-state index contributed by atoms with van der Waals surface area (Å²) in [5, 5.41) is 10.1. The zero-order valence-corrected chi connectivity index (χ0v) is 11.4. The van der Waals surface area contributed by atoms with E-state index >= 15 is 0 Å². The van der Waals surface area contributed by atoms with Crippen LogP contribution in [-0.2, 0) is 6.42 Å². The quantitative estimate of drug-likeness (QED) is 0.872. The number of hydrogen-bond acceptors (Lipinski definition) is 1. The van der Waals surface area contributed by atoms with Crippen molar-refractivity contribution in [3.8, 4) is 0 Å². The minimum atomic E-state index is -0.809. The van der Waals surface area contributed by atoms with E-state index < -0.39 is 11.6 Å². The Hall–Kier alpha value is -0.960. The van der Waals surface area contributed by atoms with Crippen molar-refractivity contribution >= 4 is 0 Å². The van der Waals surface area contributed by atoms with Gasteiger partial charge in [0.1, 0.15) is 0 Å². The fraction of sp³-hybridized carbons (Fsp3) is 0.625. The summed E-state index contributed by atoms with van der Waals surface area (Å²) in [6.07, 6.45) is 5.61. The van der Waals surface area contributed by atoms with Crippen LogP contribution in [0.5, 0.6) is 0 Å². The maximum Gasteiger partial charge on any atom is 0.159 e. The SMILES string of the molecule is CCCC1CCC(O)C(Cc2ccc(F)c(F)c2)C1. The second kappa shape index (κ2) is 6.47. The number of hydrogen-bond donors (Lipinski definition) is 1. The van der Waals surface area contributed by atoms with Gasteiger partial charge < -0.3 is 5.11 Å². The molecule has 2 rings (SSSR count). The van der Waals surface area contributed by atoms with E-state index in [1.807, 2.05) is 0 Å². The molecule has 0 spiro atoms. The van der Waals surface area contributed by atoms with Crippen LogP contribution in [0.2, 0.25) is 0 Å². The standard InChI is InChI=1S/C16H22F2O/c1-2-3-11-5-7-16(19)13(8-11)9-12-4-6-14(17)15(18)10-12/h4,6,10-11,13,16,19H,2-3,5,7-9H2,1H3. The van der Waals surface area contributed by atoms with Crippen molar-refractivity contribution in [3.05, 3.63) is 35.4 Å². The molecule has 1 aliphatic rings. The predicted octanol–water partition coefficient (Wildman–Crippen LogP) is 4.08. The maximum absolute atomic E-state index is 13.2. The molecule has 0 aromatic heterocycles. The van der Waals surface area contributed by atoms with Gasteiger partial charge in [0.05, 0.1) is 6.10 Å². The van der Waals surface area contributed by atoms with Crippen molar-refractivity contribution in [1.29, 1.82) is 0 Å². The molecule has 0 heterocycles. The summed E-state index contributed by atoms with van der Waals surface area (Å²) in [7, 11) is 0. The van der Waals surface area contributed by atoms with E-state index in [1.165, 1.54) is 25.0 Å². The Morgan fingerprint density at radius 1 is 1.21 bits per heavy atom. The molecule has 106 valence electrons. The molecule has 1 saturated carbocycles. The van der Waals surface area contributed by atoms with Crippen LogP contribution in [0.4, 0.5) is 8.78 Å². The molecule has 1 aromatic carbocycles. The maximum atomic E-state index is 13.2. The molecule has 19 heavy (non-hydrogen) atoms. The third-order valence-electron chi connectivity index (χ3n) is 4.23. The van der Waals surface area contributed by atoms with Gasteiger partial charge in [0.2, 0.25) is 0 Å². The molecule has 0 saturated heterocycles. The van der Waals surface area contributed by atoms with Crippen LogP contribution < -0.4 is 0 Å². The van der Waals surface area contributed by atoms with Crippen molar-refractivity contribution < 1.29 is 13.9 Å². The molecule has 0 radical (unpaired) electrons. The molecule has 3 atom stereocenters. The van der Waals surface area contributed by atoms with E-state index in [0.717, 1.165) is 24.8 Å². The van der Waals surface area contributed by atoms with Crippen LogP contribution in [0.25, 0.3) is 0 Å². The molecule has 0 bridgehead atoms. The minimum absolute atomic E-state index is 0.176. The number of aliphatic hydroxyl groups is 1. The Kier molecular flexibility index (Phi) is 4.92. The first-order valence-electron chi connectivity index (χ1n) is 7.22. The first kappa shape index (κ1) is 14.4. The second-order valence-electron chi connectivity index (χ2n) is 5.75. The summed E-state index contributed by atoms with van der Waals surface area (Å²) >= 11 is 0. The zero-order valence-electron chi connectivity index (χ0n) is 11.4. The Morgan fingerprint density at radius 2 is 2.00 bits per heavy atom. The molecule has 1 aliphatic carbocycles. The van der Waals surface area contributed by atoms with E-state index in [4.69, 9.17) is 0 Å². The summed E-state index contributed by atoms with van der Waals surface area (Å²) in [4.78, 5) is 0. The average Bonchev–Trinajstić information content (AvgIpc) is 2.38. The summed E-state index contributed by atoms with van der Waals surface area (Å²) in [6.45, 7) is 2.18. The summed E-state index contributed by atoms with van der Waals surface area (Å²) < 4.78 is 26.1. The van der Waals surface area contributed by atoms with Gasteiger partial charge >= 0.3 is 0 Å². The highest BCUT2D eigenvalue weighted by Crippen LogP contribution is 2.34. The fourth-order valence-corrected chi connectivity index (χ4v) is 3.20. The molecule has 3 heteroatoms. The lowest BCUT2D eigenvalue weighted by Gasteiger charge is -2.33. The van der Waals surface area contributed by atoms with E-state index in [-0.39, 0.29) is 12.0 Å². The molecule has 1 fully saturated rings. The van der Waals surface area contributed by atoms with Crippen LogP contribution in [0.3, 0.4) is 0 Å². The molecular formula is C16H22F2O. The van der Waals surface area contributed by atoms with Gasteiger partial charge in [-0.15, -0.1) is 0 Å². The average molecular weight is 268 g/mol. The van der Waals surface area contributed by atoms with Crippen LogP contribution in [0.15, 0.2) is 18.2 Å². The molecule has 1 N–H and O–H groups in total. The van der Waals surface area contributed by atoms with Crippen molar-refractivity contribution in [2.45, 2.75) is 51.6 Å². The van der Waals surface area contributed by atoms with Crippen molar-refractivity contribution in [2.24, 2.45) is 11.8 Å². The smallest absolute Gasteiger partial charge is 0.159 e. The van der Waals surface area contributed by atoms with Gasteiger partial charge in [-0.1, -0.05) is 25.8 Å². The van der Waals surface area contributed by atoms with Crippen LogP contribution in [-0.4, -0.2) is 11.2 Å². The molecule has 0 aliphatic heterocycles. The van der Waals surface area contributed by atoms with Gasteiger partial charge in [-0.25, -0.2) is 8.78 Å². The van der Waals surface area contributed by atoms with E-state index in [9.17, 15) is 13.9 Å². The van der Waals surface area contributed by atoms with E-state index in [0.29, 0.717) is 12.3 Å². The van der Waals surface area contributed by atoms with E-state index in [1.54, 1.807) is 6.07 Å². The Bertz CT molecular complexity index is 419. The Labute approximate surface area is 113 Å². The number of benzene rings is 1. The molecule has 0 amide bonds. The van der Waals surface area contributed by atoms with Gasteiger partial charge in [-0.3, -0.25) is 0 Å². The second-order valence-corrected chi connectivity index (χ2v) is 5.75. The third-order valence-corrected chi connectivity index (χ3v) is 4.23. The van der Waals surface area contributed by atoms with Gasteiger partial charge in [0.15, 0.2) is 11.6 Å². The van der Waals surface area contributed by atoms with Crippen LogP contribution in [0, 0.1) is 23.5 Å². The summed E-state index contributed by atoms with van der Waals surface area (Å²) in [5.41, 5.74) is 0.778. The third kappa shape index (κ3) is 3.75. The van der Waals surface area contributed by atoms with Crippen molar-refractivity contribution in [2.75, 3.05) is 0 Å². The first-order valence-corrected chi connectivity index (χ1v) is 7.22. The summed E-state index contributed by atoms with van der Waals surface area (Å²) in [5.74, 6) is -0.761. The molecule has 1 nitrogen and oxygen atoms in total. The summed E-state index contributed by atoms with van der Waals surface area (Å²) in [6, 6.07) is 4.05. The lowest BCUT2D eigenvalue weighted by atomic mass is 9.75. The highest BCUT2D eigenvalue weighted by Gasteiger charge is 2.28.